The second-order valence-electron chi connectivity index (χ2n) is 3.02. The highest BCUT2D eigenvalue weighted by molar-refractivity contribution is 9.10. The second kappa shape index (κ2) is 3.49. The van der Waals surface area contributed by atoms with Gasteiger partial charge in [-0.2, -0.15) is 5.10 Å². The summed E-state index contributed by atoms with van der Waals surface area (Å²) in [5, 5.41) is 4.15. The second-order valence-corrected chi connectivity index (χ2v) is 3.93. The Kier molecular flexibility index (Phi) is 2.33. The van der Waals surface area contributed by atoms with Gasteiger partial charge in [-0.25, -0.2) is 14.6 Å². The summed E-state index contributed by atoms with van der Waals surface area (Å²) < 4.78 is 2.65. The normalized spacial score (nSPS) is 10.5. The molecular formula is C9H9BrN4. The maximum atomic E-state index is 4.29. The Morgan fingerprint density at radius 2 is 2.07 bits per heavy atom. The van der Waals surface area contributed by atoms with Crippen LogP contribution >= 0.6 is 15.9 Å². The molecule has 0 amide bonds. The van der Waals surface area contributed by atoms with Gasteiger partial charge in [0.05, 0.1) is 10.7 Å². The van der Waals surface area contributed by atoms with Crippen molar-refractivity contribution in [2.45, 2.75) is 13.8 Å². The summed E-state index contributed by atoms with van der Waals surface area (Å²) in [6.07, 6.45) is 3.59. The van der Waals surface area contributed by atoms with Crippen molar-refractivity contribution in [1.82, 2.24) is 19.7 Å². The molecule has 2 rings (SSSR count). The zero-order valence-electron chi connectivity index (χ0n) is 7.90. The van der Waals surface area contributed by atoms with Gasteiger partial charge < -0.3 is 0 Å². The van der Waals surface area contributed by atoms with Crippen molar-refractivity contribution in [3.05, 3.63) is 34.5 Å². The summed E-state index contributed by atoms with van der Waals surface area (Å²) in [7, 11) is 0. The van der Waals surface area contributed by atoms with Gasteiger partial charge in [-0.05, 0) is 29.8 Å². The van der Waals surface area contributed by atoms with E-state index in [1.54, 1.807) is 10.9 Å². The summed E-state index contributed by atoms with van der Waals surface area (Å²) in [4.78, 5) is 8.49. The molecule has 0 aliphatic rings. The molecule has 2 aromatic rings. The van der Waals surface area contributed by atoms with E-state index in [4.69, 9.17) is 0 Å². The highest BCUT2D eigenvalue weighted by Gasteiger charge is 2.02. The van der Waals surface area contributed by atoms with Crippen molar-refractivity contribution >= 4 is 15.9 Å². The number of hydrogen-bond acceptors (Lipinski definition) is 3. The lowest BCUT2D eigenvalue weighted by molar-refractivity contribution is 0.822. The van der Waals surface area contributed by atoms with Crippen LogP contribution in [0.4, 0.5) is 0 Å². The monoisotopic (exact) mass is 252 g/mol. The van der Waals surface area contributed by atoms with Gasteiger partial charge in [-0.15, -0.1) is 0 Å². The Bertz CT molecular complexity index is 443. The van der Waals surface area contributed by atoms with Gasteiger partial charge in [0.25, 0.3) is 0 Å². The first-order valence-corrected chi connectivity index (χ1v) is 4.97. The van der Waals surface area contributed by atoms with E-state index in [9.17, 15) is 0 Å². The Balaban J connectivity index is 2.51. The maximum absolute atomic E-state index is 4.29. The van der Waals surface area contributed by atoms with Gasteiger partial charge in [0, 0.05) is 18.0 Å². The van der Waals surface area contributed by atoms with Crippen molar-refractivity contribution in [2.24, 2.45) is 0 Å². The number of halogens is 1. The van der Waals surface area contributed by atoms with Gasteiger partial charge in [0.15, 0.2) is 5.82 Å². The zero-order valence-corrected chi connectivity index (χ0v) is 9.48. The van der Waals surface area contributed by atoms with Gasteiger partial charge in [0.2, 0.25) is 0 Å². The molecule has 4 nitrogen and oxygen atoms in total. The Morgan fingerprint density at radius 3 is 2.64 bits per heavy atom. The van der Waals surface area contributed by atoms with Crippen molar-refractivity contribution in [3.8, 4) is 5.82 Å². The first-order chi connectivity index (χ1) is 6.65. The van der Waals surface area contributed by atoms with Crippen LogP contribution < -0.4 is 0 Å². The summed E-state index contributed by atoms with van der Waals surface area (Å²) in [6.45, 7) is 3.81. The standard InChI is InChI=1S/C9H9BrN4/c1-6-3-9(13-7(2)12-6)14-5-8(10)4-11-14/h3-5H,1-2H3. The van der Waals surface area contributed by atoms with Gasteiger partial charge in [-0.3, -0.25) is 0 Å². The molecule has 0 unspecified atom stereocenters. The zero-order chi connectivity index (χ0) is 10.1. The van der Waals surface area contributed by atoms with E-state index in [1.807, 2.05) is 26.1 Å². The van der Waals surface area contributed by atoms with E-state index in [0.717, 1.165) is 21.8 Å². The lowest BCUT2D eigenvalue weighted by Gasteiger charge is -2.02. The molecule has 0 spiro atoms. The Hall–Kier alpha value is -1.23. The minimum absolute atomic E-state index is 0.756. The molecule has 0 radical (unpaired) electrons. The molecule has 14 heavy (non-hydrogen) atoms. The van der Waals surface area contributed by atoms with Crippen LogP contribution in [0.2, 0.25) is 0 Å². The minimum atomic E-state index is 0.756. The minimum Gasteiger partial charge on any atom is -0.238 e. The van der Waals surface area contributed by atoms with Crippen molar-refractivity contribution < 1.29 is 0 Å². The average Bonchev–Trinajstić information content (AvgIpc) is 2.50. The Morgan fingerprint density at radius 1 is 1.29 bits per heavy atom. The molecule has 0 aromatic carbocycles. The number of rotatable bonds is 1. The fourth-order valence-corrected chi connectivity index (χ4v) is 1.53. The quantitative estimate of drug-likeness (QED) is 0.781. The van der Waals surface area contributed by atoms with Gasteiger partial charge in [0.1, 0.15) is 5.82 Å². The van der Waals surface area contributed by atoms with Crippen molar-refractivity contribution in [2.75, 3.05) is 0 Å². The van der Waals surface area contributed by atoms with E-state index in [0.29, 0.717) is 0 Å². The Labute approximate surface area is 90.1 Å². The van der Waals surface area contributed by atoms with E-state index in [-0.39, 0.29) is 0 Å². The fourth-order valence-electron chi connectivity index (χ4n) is 1.24. The molecule has 72 valence electrons. The first-order valence-electron chi connectivity index (χ1n) is 4.18. The van der Waals surface area contributed by atoms with Crippen LogP contribution in [0, 0.1) is 13.8 Å². The van der Waals surface area contributed by atoms with Gasteiger partial charge in [-0.1, -0.05) is 0 Å². The number of nitrogens with zero attached hydrogens (tertiary/aromatic N) is 4. The predicted octanol–water partition coefficient (Wildman–Crippen LogP) is 2.04. The summed E-state index contributed by atoms with van der Waals surface area (Å²) in [5.41, 5.74) is 0.944. The van der Waals surface area contributed by atoms with Gasteiger partial charge >= 0.3 is 0 Å². The third kappa shape index (κ3) is 1.82. The lowest BCUT2D eigenvalue weighted by atomic mass is 10.4. The van der Waals surface area contributed by atoms with Crippen molar-refractivity contribution in [1.29, 1.82) is 0 Å². The number of aromatic nitrogens is 4. The highest BCUT2D eigenvalue weighted by atomic mass is 79.9. The van der Waals surface area contributed by atoms with Crippen LogP contribution in [0.5, 0.6) is 0 Å². The maximum Gasteiger partial charge on any atom is 0.157 e. The van der Waals surface area contributed by atoms with E-state index in [1.165, 1.54) is 0 Å². The predicted molar refractivity (Wildman–Crippen MR) is 56.3 cm³/mol. The van der Waals surface area contributed by atoms with Crippen LogP contribution in [0.3, 0.4) is 0 Å². The molecule has 0 saturated carbocycles. The largest absolute Gasteiger partial charge is 0.238 e. The highest BCUT2D eigenvalue weighted by Crippen LogP contribution is 2.11. The molecule has 0 saturated heterocycles. The molecule has 0 aliphatic heterocycles. The van der Waals surface area contributed by atoms with E-state index < -0.39 is 0 Å². The lowest BCUT2D eigenvalue weighted by Crippen LogP contribution is -2.01. The van der Waals surface area contributed by atoms with E-state index in [2.05, 4.69) is 31.0 Å². The van der Waals surface area contributed by atoms with Crippen LogP contribution in [-0.4, -0.2) is 19.7 Å². The third-order valence-electron chi connectivity index (χ3n) is 1.74. The van der Waals surface area contributed by atoms with E-state index >= 15 is 0 Å². The fraction of sp³-hybridized carbons (Fsp3) is 0.222. The summed E-state index contributed by atoms with van der Waals surface area (Å²) in [5.74, 6) is 1.55. The molecule has 2 heterocycles. The van der Waals surface area contributed by atoms with Crippen LogP contribution in [0.15, 0.2) is 22.9 Å². The molecule has 5 heteroatoms. The van der Waals surface area contributed by atoms with Crippen LogP contribution in [-0.2, 0) is 0 Å². The van der Waals surface area contributed by atoms with Crippen LogP contribution in [0.25, 0.3) is 5.82 Å². The molecule has 0 aliphatic carbocycles. The third-order valence-corrected chi connectivity index (χ3v) is 2.15. The topological polar surface area (TPSA) is 43.6 Å². The average molecular weight is 253 g/mol. The molecule has 0 fully saturated rings. The molecule has 2 aromatic heterocycles. The summed E-state index contributed by atoms with van der Waals surface area (Å²) in [6, 6.07) is 1.90. The smallest absolute Gasteiger partial charge is 0.157 e. The van der Waals surface area contributed by atoms with Crippen molar-refractivity contribution in [3.63, 3.8) is 0 Å². The SMILES string of the molecule is Cc1cc(-n2cc(Br)cn2)nc(C)n1. The molecule has 0 bridgehead atoms. The first kappa shape index (κ1) is 9.33. The molecular weight excluding hydrogens is 244 g/mol. The molecule has 0 N–H and O–H groups in total. The van der Waals surface area contributed by atoms with Crippen LogP contribution in [0.1, 0.15) is 11.5 Å². The number of hydrogen-bond donors (Lipinski definition) is 0. The number of aryl methyl sites for hydroxylation is 2. The summed E-state index contributed by atoms with van der Waals surface area (Å²) >= 11 is 3.34. The molecule has 0 atom stereocenters.